The van der Waals surface area contributed by atoms with Gasteiger partial charge in [-0.2, -0.15) is 0 Å². The Bertz CT molecular complexity index is 586. The summed E-state index contributed by atoms with van der Waals surface area (Å²) in [6.07, 6.45) is 7.60. The molecule has 2 heterocycles. The number of hydrazine groups is 1. The van der Waals surface area contributed by atoms with E-state index < -0.39 is 0 Å². The normalized spacial score (nSPS) is 24.4. The van der Waals surface area contributed by atoms with E-state index in [1.165, 1.54) is 17.3 Å². The maximum atomic E-state index is 12.5. The second-order valence-electron chi connectivity index (χ2n) is 5.35. The van der Waals surface area contributed by atoms with Crippen LogP contribution in [-0.2, 0) is 4.79 Å². The second-order valence-corrected chi connectivity index (χ2v) is 5.35. The average Bonchev–Trinajstić information content (AvgIpc) is 2.64. The maximum Gasteiger partial charge on any atom is 0.168 e. The summed E-state index contributed by atoms with van der Waals surface area (Å²) in [6, 6.07) is 0. The largest absolute Gasteiger partial charge is 0.312 e. The number of aliphatic imine (C=N–C) groups is 1. The van der Waals surface area contributed by atoms with Crippen molar-refractivity contribution < 1.29 is 9.28 Å². The predicted molar refractivity (Wildman–Crippen MR) is 81.3 cm³/mol. The molecule has 0 saturated carbocycles. The van der Waals surface area contributed by atoms with Gasteiger partial charge in [-0.15, -0.1) is 0 Å². The molecule has 6 heteroatoms. The quantitative estimate of drug-likeness (QED) is 0.811. The summed E-state index contributed by atoms with van der Waals surface area (Å²) in [7, 11) is 0. The molecule has 5 nitrogen and oxygen atoms in total. The molecule has 2 aliphatic heterocycles. The zero-order valence-electron chi connectivity index (χ0n) is 12.2. The number of allylic oxidation sites excluding steroid dienone is 4. The highest BCUT2D eigenvalue weighted by atomic mass is 19.2. The maximum absolute atomic E-state index is 12.5. The number of ketones is 1. The van der Waals surface area contributed by atoms with Crippen molar-refractivity contribution in [3.8, 4) is 0 Å². The van der Waals surface area contributed by atoms with Gasteiger partial charge in [0.2, 0.25) is 0 Å². The minimum Gasteiger partial charge on any atom is -0.312 e. The molecule has 1 unspecified atom stereocenters. The molecule has 0 fully saturated rings. The van der Waals surface area contributed by atoms with E-state index in [-0.39, 0.29) is 24.5 Å². The summed E-state index contributed by atoms with van der Waals surface area (Å²) in [4.78, 5) is 16.8. The van der Waals surface area contributed by atoms with Crippen molar-refractivity contribution in [2.45, 2.75) is 26.7 Å². The SMILES string of the molecule is CC1=NC(CC(=O)C2=C/C(=N/F)CN(N)C=C2)=CCC1C. The van der Waals surface area contributed by atoms with E-state index in [0.29, 0.717) is 11.5 Å². The average molecular weight is 290 g/mol. The molecule has 0 bridgehead atoms. The van der Waals surface area contributed by atoms with E-state index in [0.717, 1.165) is 17.8 Å². The molecule has 0 radical (unpaired) electrons. The molecule has 0 saturated heterocycles. The molecule has 0 aromatic carbocycles. The first-order valence-corrected chi connectivity index (χ1v) is 6.86. The Morgan fingerprint density at radius 1 is 1.62 bits per heavy atom. The third-order valence-electron chi connectivity index (χ3n) is 3.62. The number of hydrogen-bond donors (Lipinski definition) is 1. The van der Waals surface area contributed by atoms with E-state index >= 15 is 0 Å². The molecular formula is C15H19FN4O. The van der Waals surface area contributed by atoms with Crippen LogP contribution in [0.3, 0.4) is 0 Å². The third kappa shape index (κ3) is 3.95. The molecule has 0 spiro atoms. The van der Waals surface area contributed by atoms with E-state index in [1.807, 2.05) is 13.0 Å². The Morgan fingerprint density at radius 3 is 3.05 bits per heavy atom. The zero-order valence-corrected chi connectivity index (χ0v) is 12.2. The van der Waals surface area contributed by atoms with Crippen LogP contribution in [0, 0.1) is 5.92 Å². The Balaban J connectivity index is 2.13. The fourth-order valence-corrected chi connectivity index (χ4v) is 2.16. The third-order valence-corrected chi connectivity index (χ3v) is 3.62. The topological polar surface area (TPSA) is 71.0 Å². The van der Waals surface area contributed by atoms with Crippen LogP contribution < -0.4 is 5.84 Å². The van der Waals surface area contributed by atoms with Gasteiger partial charge in [0.25, 0.3) is 0 Å². The van der Waals surface area contributed by atoms with Crippen molar-refractivity contribution in [2.75, 3.05) is 6.54 Å². The first-order valence-electron chi connectivity index (χ1n) is 6.86. The van der Waals surface area contributed by atoms with Crippen molar-refractivity contribution >= 4 is 17.2 Å². The highest BCUT2D eigenvalue weighted by molar-refractivity contribution is 6.08. The molecule has 2 aliphatic rings. The summed E-state index contributed by atoms with van der Waals surface area (Å²) < 4.78 is 12.5. The van der Waals surface area contributed by atoms with Crippen LogP contribution in [-0.4, -0.2) is 28.8 Å². The van der Waals surface area contributed by atoms with Gasteiger partial charge in [0.15, 0.2) is 5.78 Å². The molecule has 0 aromatic rings. The van der Waals surface area contributed by atoms with Crippen LogP contribution in [0.2, 0.25) is 0 Å². The summed E-state index contributed by atoms with van der Waals surface area (Å²) in [6.45, 7) is 4.19. The van der Waals surface area contributed by atoms with Crippen molar-refractivity contribution in [3.63, 3.8) is 0 Å². The van der Waals surface area contributed by atoms with Gasteiger partial charge >= 0.3 is 0 Å². The lowest BCUT2D eigenvalue weighted by Gasteiger charge is -2.15. The first kappa shape index (κ1) is 15.3. The zero-order chi connectivity index (χ0) is 15.4. The Morgan fingerprint density at radius 2 is 2.38 bits per heavy atom. The van der Waals surface area contributed by atoms with Crippen molar-refractivity contribution in [2.24, 2.45) is 22.0 Å². The fourth-order valence-electron chi connectivity index (χ4n) is 2.16. The number of nitrogens with two attached hydrogens (primary N) is 1. The molecule has 21 heavy (non-hydrogen) atoms. The molecular weight excluding hydrogens is 271 g/mol. The minimum absolute atomic E-state index is 0.122. The van der Waals surface area contributed by atoms with Gasteiger partial charge in [-0.3, -0.25) is 9.79 Å². The first-order chi connectivity index (χ1) is 9.99. The molecule has 0 aromatic heterocycles. The van der Waals surface area contributed by atoms with Crippen molar-refractivity contribution in [1.29, 1.82) is 0 Å². The monoisotopic (exact) mass is 290 g/mol. The minimum atomic E-state index is -0.125. The Labute approximate surface area is 123 Å². The van der Waals surface area contributed by atoms with E-state index in [4.69, 9.17) is 5.84 Å². The van der Waals surface area contributed by atoms with Crippen LogP contribution in [0.15, 0.2) is 45.9 Å². The van der Waals surface area contributed by atoms with E-state index in [9.17, 15) is 9.28 Å². The van der Waals surface area contributed by atoms with Crippen LogP contribution in [0.25, 0.3) is 0 Å². The smallest absolute Gasteiger partial charge is 0.168 e. The standard InChI is InChI=1S/C15H19FN4O/c1-10-3-4-13(18-11(10)2)8-15(21)12-5-6-20(17)9-14(7-12)19-16/h4-7,10H,3,8-9,17H2,1-2H3/b19-14-. The molecule has 0 aliphatic carbocycles. The van der Waals surface area contributed by atoms with Crippen LogP contribution in [0.1, 0.15) is 26.7 Å². The number of Topliss-reactive ketones (excluding diaryl/α,β-unsaturated/α-hetero) is 1. The van der Waals surface area contributed by atoms with Crippen LogP contribution >= 0.6 is 0 Å². The van der Waals surface area contributed by atoms with E-state index in [2.05, 4.69) is 17.1 Å². The molecule has 0 amide bonds. The lowest BCUT2D eigenvalue weighted by molar-refractivity contribution is -0.114. The van der Waals surface area contributed by atoms with Crippen LogP contribution in [0.5, 0.6) is 0 Å². The number of carbonyl (C=O) groups is 1. The van der Waals surface area contributed by atoms with Gasteiger partial charge in [-0.05, 0) is 31.4 Å². The highest BCUT2D eigenvalue weighted by Crippen LogP contribution is 2.21. The van der Waals surface area contributed by atoms with Gasteiger partial charge in [0, 0.05) is 23.2 Å². The van der Waals surface area contributed by atoms with Gasteiger partial charge < -0.3 is 5.01 Å². The fraction of sp³-hybridized carbons (Fsp3) is 0.400. The number of nitrogens with zero attached hydrogens (tertiary/aromatic N) is 3. The van der Waals surface area contributed by atoms with Crippen molar-refractivity contribution in [3.05, 3.63) is 35.7 Å². The molecule has 2 N–H and O–H groups in total. The molecule has 1 atom stereocenters. The van der Waals surface area contributed by atoms with Crippen molar-refractivity contribution in [1.82, 2.24) is 5.01 Å². The Hall–Kier alpha value is -2.08. The summed E-state index contributed by atoms with van der Waals surface area (Å²) in [5.41, 5.74) is 2.30. The number of hydrogen-bond acceptors (Lipinski definition) is 5. The van der Waals surface area contributed by atoms with Gasteiger partial charge in [0.1, 0.15) is 0 Å². The van der Waals surface area contributed by atoms with Gasteiger partial charge in [-0.25, -0.2) is 5.84 Å². The van der Waals surface area contributed by atoms with Gasteiger partial charge in [0.05, 0.1) is 18.7 Å². The second kappa shape index (κ2) is 6.58. The predicted octanol–water partition coefficient (Wildman–Crippen LogP) is 2.29. The van der Waals surface area contributed by atoms with Gasteiger partial charge in [-0.1, -0.05) is 22.7 Å². The lowest BCUT2D eigenvalue weighted by atomic mass is 9.97. The Kier molecular flexibility index (Phi) is 4.80. The molecule has 2 rings (SSSR count). The summed E-state index contributed by atoms with van der Waals surface area (Å²) in [5, 5.41) is 3.92. The number of rotatable bonds is 3. The number of halogens is 1. The number of carbonyl (C=O) groups excluding carboxylic acids is 1. The summed E-state index contributed by atoms with van der Waals surface area (Å²) in [5.74, 6) is 5.89. The lowest BCUT2D eigenvalue weighted by Crippen LogP contribution is -2.29. The van der Waals surface area contributed by atoms with Crippen LogP contribution in [0.4, 0.5) is 4.48 Å². The highest BCUT2D eigenvalue weighted by Gasteiger charge is 2.17. The molecule has 112 valence electrons. The van der Waals surface area contributed by atoms with E-state index in [1.54, 1.807) is 6.08 Å². The summed E-state index contributed by atoms with van der Waals surface area (Å²) >= 11 is 0.